The van der Waals surface area contributed by atoms with Gasteiger partial charge in [0.2, 0.25) is 5.91 Å². The molecule has 106 valence electrons. The van der Waals surface area contributed by atoms with Gasteiger partial charge in [-0.3, -0.25) is 4.79 Å². The number of carbonyl (C=O) groups is 2. The number of fused-ring (bicyclic) bond motifs is 1. The van der Waals surface area contributed by atoms with Crippen LogP contribution in [-0.4, -0.2) is 39.5 Å². The molecule has 0 aliphatic heterocycles. The number of carbonyl (C=O) groups excluding carboxylic acids is 1. The number of rotatable bonds is 4. The van der Waals surface area contributed by atoms with Gasteiger partial charge in [0.05, 0.1) is 0 Å². The van der Waals surface area contributed by atoms with Crippen molar-refractivity contribution in [3.05, 3.63) is 35.5 Å². The van der Waals surface area contributed by atoms with Crippen LogP contribution in [0.2, 0.25) is 5.02 Å². The number of aliphatic carboxylic acids is 1. The Morgan fingerprint density at radius 3 is 2.75 bits per heavy atom. The van der Waals surface area contributed by atoms with Gasteiger partial charge in [-0.05, 0) is 30.5 Å². The molecule has 20 heavy (non-hydrogen) atoms. The first-order chi connectivity index (χ1) is 9.40. The van der Waals surface area contributed by atoms with E-state index >= 15 is 0 Å². The number of likely N-dealkylation sites (N-methyl/N-ethyl adjacent to an activating group) is 1. The molecule has 6 heteroatoms. The molecule has 5 nitrogen and oxygen atoms in total. The molecule has 1 aromatic carbocycles. The molecule has 0 radical (unpaired) electrons. The molecule has 0 bridgehead atoms. The van der Waals surface area contributed by atoms with Crippen molar-refractivity contribution in [3.63, 3.8) is 0 Å². The number of amides is 1. The third kappa shape index (κ3) is 2.77. The summed E-state index contributed by atoms with van der Waals surface area (Å²) in [6, 6.07) is 6.48. The van der Waals surface area contributed by atoms with Crippen LogP contribution in [0.25, 0.3) is 10.9 Å². The third-order valence-corrected chi connectivity index (χ3v) is 3.61. The van der Waals surface area contributed by atoms with Crippen molar-refractivity contribution in [2.45, 2.75) is 19.5 Å². The number of nitrogens with zero attached hydrogens (tertiary/aromatic N) is 2. The van der Waals surface area contributed by atoms with Gasteiger partial charge in [0.15, 0.2) is 0 Å². The Hall–Kier alpha value is -2.01. The van der Waals surface area contributed by atoms with Crippen LogP contribution >= 0.6 is 11.6 Å². The third-order valence-electron chi connectivity index (χ3n) is 3.37. The predicted octanol–water partition coefficient (Wildman–Crippen LogP) is 2.23. The largest absolute Gasteiger partial charge is 0.480 e. The molecule has 0 saturated heterocycles. The molecule has 1 aromatic heterocycles. The standard InChI is InChI=1S/C14H15ClN2O3/c1-9(14(19)20)16(2)13(18)8-17-6-5-10-3-4-11(15)7-12(10)17/h3-7,9H,8H2,1-2H3,(H,19,20). The van der Waals surface area contributed by atoms with Crippen molar-refractivity contribution in [2.75, 3.05) is 7.05 Å². The quantitative estimate of drug-likeness (QED) is 0.940. The average molecular weight is 295 g/mol. The summed E-state index contributed by atoms with van der Waals surface area (Å²) in [7, 11) is 1.49. The lowest BCUT2D eigenvalue weighted by molar-refractivity contribution is -0.148. The van der Waals surface area contributed by atoms with Crippen molar-refractivity contribution in [1.82, 2.24) is 9.47 Å². The summed E-state index contributed by atoms with van der Waals surface area (Å²) in [5, 5.41) is 10.5. The molecule has 1 N–H and O–H groups in total. The second kappa shape index (κ2) is 5.54. The molecule has 0 fully saturated rings. The van der Waals surface area contributed by atoms with E-state index in [0.717, 1.165) is 10.9 Å². The molecule has 0 spiro atoms. The van der Waals surface area contributed by atoms with Crippen molar-refractivity contribution in [3.8, 4) is 0 Å². The number of benzene rings is 1. The van der Waals surface area contributed by atoms with Crippen LogP contribution in [0.1, 0.15) is 6.92 Å². The zero-order chi connectivity index (χ0) is 14.9. The number of halogens is 1. The summed E-state index contributed by atoms with van der Waals surface area (Å²) < 4.78 is 1.76. The van der Waals surface area contributed by atoms with Crippen LogP contribution in [0.5, 0.6) is 0 Å². The topological polar surface area (TPSA) is 62.5 Å². The van der Waals surface area contributed by atoms with Crippen LogP contribution in [-0.2, 0) is 16.1 Å². The summed E-state index contributed by atoms with van der Waals surface area (Å²) >= 11 is 5.95. The van der Waals surface area contributed by atoms with Crippen LogP contribution in [0, 0.1) is 0 Å². The molecule has 1 heterocycles. The molecule has 0 aliphatic carbocycles. The maximum atomic E-state index is 12.1. The molecule has 1 atom stereocenters. The van der Waals surface area contributed by atoms with Gasteiger partial charge in [-0.1, -0.05) is 17.7 Å². The smallest absolute Gasteiger partial charge is 0.326 e. The van der Waals surface area contributed by atoms with E-state index in [2.05, 4.69) is 0 Å². The van der Waals surface area contributed by atoms with Crippen LogP contribution in [0.4, 0.5) is 0 Å². The van der Waals surface area contributed by atoms with E-state index in [1.165, 1.54) is 18.9 Å². The monoisotopic (exact) mass is 294 g/mol. The fourth-order valence-corrected chi connectivity index (χ4v) is 2.10. The number of hydrogen-bond donors (Lipinski definition) is 1. The summed E-state index contributed by atoms with van der Waals surface area (Å²) in [6.45, 7) is 1.56. The summed E-state index contributed by atoms with van der Waals surface area (Å²) in [5.41, 5.74) is 0.849. The van der Waals surface area contributed by atoms with E-state index in [-0.39, 0.29) is 12.5 Å². The summed E-state index contributed by atoms with van der Waals surface area (Å²) in [6.07, 6.45) is 1.79. The lowest BCUT2D eigenvalue weighted by Gasteiger charge is -2.21. The van der Waals surface area contributed by atoms with Gasteiger partial charge in [0, 0.05) is 23.8 Å². The highest BCUT2D eigenvalue weighted by molar-refractivity contribution is 6.31. The van der Waals surface area contributed by atoms with Crippen LogP contribution < -0.4 is 0 Å². The Balaban J connectivity index is 2.22. The van der Waals surface area contributed by atoms with Gasteiger partial charge >= 0.3 is 5.97 Å². The number of carboxylic acid groups (broad SMARTS) is 1. The first-order valence-corrected chi connectivity index (χ1v) is 6.51. The second-order valence-corrected chi connectivity index (χ2v) is 5.10. The highest BCUT2D eigenvalue weighted by atomic mass is 35.5. The SMILES string of the molecule is CC(C(=O)O)N(C)C(=O)Cn1ccc2ccc(Cl)cc21. The van der Waals surface area contributed by atoms with Crippen molar-refractivity contribution in [1.29, 1.82) is 0 Å². The first kappa shape index (κ1) is 14.4. The Morgan fingerprint density at radius 1 is 1.40 bits per heavy atom. The average Bonchev–Trinajstić information content (AvgIpc) is 2.79. The first-order valence-electron chi connectivity index (χ1n) is 6.13. The van der Waals surface area contributed by atoms with Crippen LogP contribution in [0.15, 0.2) is 30.5 Å². The fourth-order valence-electron chi connectivity index (χ4n) is 1.93. The zero-order valence-electron chi connectivity index (χ0n) is 11.2. The lowest BCUT2D eigenvalue weighted by atomic mass is 10.2. The van der Waals surface area contributed by atoms with E-state index in [4.69, 9.17) is 16.7 Å². The maximum absolute atomic E-state index is 12.1. The van der Waals surface area contributed by atoms with Gasteiger partial charge in [0.1, 0.15) is 12.6 Å². The van der Waals surface area contributed by atoms with E-state index in [9.17, 15) is 9.59 Å². The Morgan fingerprint density at radius 2 is 2.10 bits per heavy atom. The normalized spacial score (nSPS) is 12.3. The molecule has 1 unspecified atom stereocenters. The van der Waals surface area contributed by atoms with Crippen molar-refractivity contribution in [2.24, 2.45) is 0 Å². The molecular formula is C14H15ClN2O3. The predicted molar refractivity (Wildman–Crippen MR) is 76.8 cm³/mol. The van der Waals surface area contributed by atoms with Crippen molar-refractivity contribution >= 4 is 34.4 Å². The highest BCUT2D eigenvalue weighted by Gasteiger charge is 2.21. The number of hydrogen-bond acceptors (Lipinski definition) is 2. The fraction of sp³-hybridized carbons (Fsp3) is 0.286. The van der Waals surface area contributed by atoms with Gasteiger partial charge in [-0.25, -0.2) is 4.79 Å². The Kier molecular flexibility index (Phi) is 3.99. The van der Waals surface area contributed by atoms with Gasteiger partial charge in [0.25, 0.3) is 0 Å². The summed E-state index contributed by atoms with van der Waals surface area (Å²) in [4.78, 5) is 24.2. The number of carboxylic acids is 1. The molecule has 0 aliphatic rings. The molecule has 1 amide bonds. The van der Waals surface area contributed by atoms with E-state index < -0.39 is 12.0 Å². The molecule has 0 saturated carbocycles. The minimum absolute atomic E-state index is 0.0813. The lowest BCUT2D eigenvalue weighted by Crippen LogP contribution is -2.41. The van der Waals surface area contributed by atoms with E-state index in [1.807, 2.05) is 12.1 Å². The minimum Gasteiger partial charge on any atom is -0.480 e. The van der Waals surface area contributed by atoms with Crippen LogP contribution in [0.3, 0.4) is 0 Å². The van der Waals surface area contributed by atoms with Crippen molar-refractivity contribution < 1.29 is 14.7 Å². The van der Waals surface area contributed by atoms with E-state index in [0.29, 0.717) is 5.02 Å². The molecule has 2 rings (SSSR count). The van der Waals surface area contributed by atoms with Gasteiger partial charge < -0.3 is 14.6 Å². The van der Waals surface area contributed by atoms with Gasteiger partial charge in [-0.15, -0.1) is 0 Å². The zero-order valence-corrected chi connectivity index (χ0v) is 12.0. The summed E-state index contributed by atoms with van der Waals surface area (Å²) in [5.74, 6) is -1.29. The van der Waals surface area contributed by atoms with Gasteiger partial charge in [-0.2, -0.15) is 0 Å². The van der Waals surface area contributed by atoms with E-state index in [1.54, 1.807) is 22.9 Å². The molecule has 2 aromatic rings. The molecular weight excluding hydrogens is 280 g/mol. The highest BCUT2D eigenvalue weighted by Crippen LogP contribution is 2.20. The number of aromatic nitrogens is 1. The maximum Gasteiger partial charge on any atom is 0.326 e. The second-order valence-electron chi connectivity index (χ2n) is 4.67. The minimum atomic E-state index is -1.03. The Bertz CT molecular complexity index is 665. The Labute approximate surface area is 121 Å².